The third-order valence-electron chi connectivity index (χ3n) is 3.70. The van der Waals surface area contributed by atoms with Gasteiger partial charge in [0.25, 0.3) is 0 Å². The van der Waals surface area contributed by atoms with Crippen molar-refractivity contribution in [3.05, 3.63) is 47.2 Å². The fourth-order valence-electron chi connectivity index (χ4n) is 2.17. The van der Waals surface area contributed by atoms with Crippen LogP contribution in [0.2, 0.25) is 0 Å². The molecule has 1 rings (SSSR count). The first kappa shape index (κ1) is 18.5. The Bertz CT molecular complexity index is 496. The highest BCUT2D eigenvalue weighted by Gasteiger charge is 2.11. The Hall–Kier alpha value is -1.54. The summed E-state index contributed by atoms with van der Waals surface area (Å²) < 4.78 is 0. The number of phenols is 1. The van der Waals surface area contributed by atoms with E-state index in [9.17, 15) is 15.3 Å². The second-order valence-corrected chi connectivity index (χ2v) is 6.06. The van der Waals surface area contributed by atoms with Gasteiger partial charge in [-0.05, 0) is 41.7 Å². The van der Waals surface area contributed by atoms with Crippen LogP contribution in [0.4, 0.5) is 0 Å². The number of rotatable bonds is 8. The molecule has 1 aromatic carbocycles. The van der Waals surface area contributed by atoms with Crippen molar-refractivity contribution in [3.63, 3.8) is 0 Å². The van der Waals surface area contributed by atoms with Gasteiger partial charge in [-0.15, -0.1) is 5.73 Å². The van der Waals surface area contributed by atoms with Crippen LogP contribution in [0.25, 0.3) is 0 Å². The maximum atomic E-state index is 10.1. The largest absolute Gasteiger partial charge is 0.508 e. The van der Waals surface area contributed by atoms with Crippen molar-refractivity contribution < 1.29 is 15.3 Å². The number of hydrogen-bond acceptors (Lipinski definition) is 3. The van der Waals surface area contributed by atoms with Gasteiger partial charge in [0.1, 0.15) is 5.75 Å². The number of phenolic OH excluding ortho intramolecular Hbond substituents is 1. The van der Waals surface area contributed by atoms with Crippen molar-refractivity contribution in [1.82, 2.24) is 0 Å². The number of aliphatic hydroxyl groups excluding tert-OH is 2. The van der Waals surface area contributed by atoms with Crippen molar-refractivity contribution in [2.75, 3.05) is 0 Å². The summed E-state index contributed by atoms with van der Waals surface area (Å²) in [7, 11) is 0. The Kier molecular flexibility index (Phi) is 7.97. The monoisotopic (exact) mass is 304 g/mol. The van der Waals surface area contributed by atoms with E-state index in [1.54, 1.807) is 24.3 Å². The van der Waals surface area contributed by atoms with Crippen LogP contribution in [0.15, 0.2) is 41.6 Å². The first-order valence-electron chi connectivity index (χ1n) is 8.02. The molecule has 0 aromatic heterocycles. The summed E-state index contributed by atoms with van der Waals surface area (Å²) in [5.41, 5.74) is 5.11. The van der Waals surface area contributed by atoms with Crippen LogP contribution in [-0.2, 0) is 0 Å². The van der Waals surface area contributed by atoms with E-state index < -0.39 is 6.10 Å². The standard InChI is InChI=1S/C19H28O3/c1-4-6-15(13-19(22)14(2)3)7-5-8-18(21)16-9-11-17(20)12-10-16/h5,9-12,14,18-22H,4,6,8,13H2,1-3H3/t7?,18-,19-/m1/s1. The summed E-state index contributed by atoms with van der Waals surface area (Å²) >= 11 is 0. The van der Waals surface area contributed by atoms with Gasteiger partial charge in [0.05, 0.1) is 12.2 Å². The zero-order chi connectivity index (χ0) is 16.5. The molecule has 0 aliphatic heterocycles. The lowest BCUT2D eigenvalue weighted by atomic mass is 9.97. The average molecular weight is 304 g/mol. The van der Waals surface area contributed by atoms with Crippen LogP contribution in [0, 0.1) is 5.92 Å². The van der Waals surface area contributed by atoms with Crippen molar-refractivity contribution in [2.24, 2.45) is 5.92 Å². The van der Waals surface area contributed by atoms with E-state index in [4.69, 9.17) is 0 Å². The molecule has 122 valence electrons. The molecule has 22 heavy (non-hydrogen) atoms. The molecule has 3 nitrogen and oxygen atoms in total. The van der Waals surface area contributed by atoms with E-state index in [0.717, 1.165) is 24.0 Å². The van der Waals surface area contributed by atoms with Crippen LogP contribution in [0.5, 0.6) is 5.75 Å². The molecule has 0 aliphatic rings. The molecule has 0 aliphatic carbocycles. The Morgan fingerprint density at radius 2 is 1.82 bits per heavy atom. The summed E-state index contributed by atoms with van der Waals surface area (Å²) in [6, 6.07) is 6.57. The molecule has 0 spiro atoms. The molecule has 3 N–H and O–H groups in total. The van der Waals surface area contributed by atoms with Gasteiger partial charge in [0.2, 0.25) is 0 Å². The van der Waals surface area contributed by atoms with E-state index in [0.29, 0.717) is 12.8 Å². The molecule has 0 bridgehead atoms. The van der Waals surface area contributed by atoms with E-state index >= 15 is 0 Å². The predicted molar refractivity (Wildman–Crippen MR) is 89.6 cm³/mol. The third kappa shape index (κ3) is 6.48. The molecule has 0 saturated heterocycles. The van der Waals surface area contributed by atoms with Gasteiger partial charge >= 0.3 is 0 Å². The van der Waals surface area contributed by atoms with Crippen LogP contribution in [0.1, 0.15) is 58.1 Å². The van der Waals surface area contributed by atoms with Gasteiger partial charge in [0, 0.05) is 12.8 Å². The Morgan fingerprint density at radius 3 is 2.36 bits per heavy atom. The van der Waals surface area contributed by atoms with Crippen LogP contribution < -0.4 is 0 Å². The van der Waals surface area contributed by atoms with Gasteiger partial charge in [-0.1, -0.05) is 39.3 Å². The molecule has 2 atom stereocenters. The summed E-state index contributed by atoms with van der Waals surface area (Å²) in [6.45, 7) is 6.12. The first-order chi connectivity index (χ1) is 10.4. The van der Waals surface area contributed by atoms with Crippen LogP contribution in [0.3, 0.4) is 0 Å². The topological polar surface area (TPSA) is 60.7 Å². The highest BCUT2D eigenvalue weighted by molar-refractivity contribution is 5.27. The average Bonchev–Trinajstić information content (AvgIpc) is 2.47. The van der Waals surface area contributed by atoms with E-state index in [1.807, 2.05) is 19.9 Å². The Morgan fingerprint density at radius 1 is 1.18 bits per heavy atom. The molecule has 1 aromatic rings. The lowest BCUT2D eigenvalue weighted by Gasteiger charge is -2.15. The molecule has 0 radical (unpaired) electrons. The molecular formula is C19H28O3. The maximum Gasteiger partial charge on any atom is 0.115 e. The van der Waals surface area contributed by atoms with Gasteiger partial charge < -0.3 is 15.3 Å². The van der Waals surface area contributed by atoms with Crippen molar-refractivity contribution >= 4 is 0 Å². The summed E-state index contributed by atoms with van der Waals surface area (Å²) in [5.74, 6) is 0.426. The summed E-state index contributed by atoms with van der Waals surface area (Å²) in [5, 5.41) is 29.3. The van der Waals surface area contributed by atoms with Crippen LogP contribution >= 0.6 is 0 Å². The van der Waals surface area contributed by atoms with E-state index in [2.05, 4.69) is 12.7 Å². The zero-order valence-corrected chi connectivity index (χ0v) is 13.8. The van der Waals surface area contributed by atoms with E-state index in [1.165, 1.54) is 0 Å². The van der Waals surface area contributed by atoms with Crippen LogP contribution in [-0.4, -0.2) is 21.4 Å². The van der Waals surface area contributed by atoms with E-state index in [-0.39, 0.29) is 17.8 Å². The zero-order valence-electron chi connectivity index (χ0n) is 13.8. The SMILES string of the molecule is CCCC(=C=CC[C@@H](O)c1ccc(O)cc1)C[C@@H](O)C(C)C. The number of benzene rings is 1. The Balaban J connectivity index is 2.69. The molecule has 0 saturated carbocycles. The van der Waals surface area contributed by atoms with Gasteiger partial charge in [-0.3, -0.25) is 0 Å². The van der Waals surface area contributed by atoms with Crippen molar-refractivity contribution in [2.45, 2.75) is 58.7 Å². The molecule has 0 unspecified atom stereocenters. The highest BCUT2D eigenvalue weighted by atomic mass is 16.3. The van der Waals surface area contributed by atoms with Gasteiger partial charge in [-0.25, -0.2) is 0 Å². The summed E-state index contributed by atoms with van der Waals surface area (Å²) in [4.78, 5) is 0. The smallest absolute Gasteiger partial charge is 0.115 e. The fourth-order valence-corrected chi connectivity index (χ4v) is 2.17. The lowest BCUT2D eigenvalue weighted by Crippen LogP contribution is -2.15. The van der Waals surface area contributed by atoms with Crippen molar-refractivity contribution in [3.8, 4) is 5.75 Å². The fraction of sp³-hybridized carbons (Fsp3) is 0.526. The second-order valence-electron chi connectivity index (χ2n) is 6.06. The minimum Gasteiger partial charge on any atom is -0.508 e. The summed E-state index contributed by atoms with van der Waals surface area (Å²) in [6.07, 6.45) is 3.93. The highest BCUT2D eigenvalue weighted by Crippen LogP contribution is 2.20. The minimum absolute atomic E-state index is 0.194. The molecular weight excluding hydrogens is 276 g/mol. The second kappa shape index (κ2) is 9.47. The number of hydrogen-bond donors (Lipinski definition) is 3. The first-order valence-corrected chi connectivity index (χ1v) is 8.02. The third-order valence-corrected chi connectivity index (χ3v) is 3.70. The minimum atomic E-state index is -0.606. The molecule has 3 heteroatoms. The quantitative estimate of drug-likeness (QED) is 0.634. The van der Waals surface area contributed by atoms with Gasteiger partial charge in [0.15, 0.2) is 0 Å². The van der Waals surface area contributed by atoms with Crippen molar-refractivity contribution in [1.29, 1.82) is 0 Å². The normalized spacial score (nSPS) is 13.5. The maximum absolute atomic E-state index is 10.1. The number of aromatic hydroxyl groups is 1. The molecule has 0 heterocycles. The van der Waals surface area contributed by atoms with Gasteiger partial charge in [-0.2, -0.15) is 0 Å². The lowest BCUT2D eigenvalue weighted by molar-refractivity contribution is 0.125. The number of aliphatic hydroxyl groups is 2. The predicted octanol–water partition coefficient (Wildman–Crippen LogP) is 4.10. The molecule has 0 amide bonds. The Labute approximate surface area is 133 Å². The molecule has 0 fully saturated rings.